The van der Waals surface area contributed by atoms with Crippen molar-refractivity contribution in [3.8, 4) is 11.3 Å². The van der Waals surface area contributed by atoms with Crippen LogP contribution >= 0.6 is 0 Å². The fraction of sp³-hybridized carbons (Fsp3) is 0.222. The van der Waals surface area contributed by atoms with Crippen molar-refractivity contribution in [1.29, 1.82) is 0 Å². The monoisotopic (exact) mass is 354 g/mol. The molecule has 0 N–H and O–H groups in total. The Bertz CT molecular complexity index is 1030. The molecular weight excluding hydrogens is 336 g/mol. The highest BCUT2D eigenvalue weighted by molar-refractivity contribution is 7.92. The largest absolute Gasteiger partial charge is 0.266 e. The second-order valence-corrected chi connectivity index (χ2v) is 7.90. The Morgan fingerprint density at radius 1 is 1.08 bits per heavy atom. The molecule has 0 spiro atoms. The summed E-state index contributed by atoms with van der Waals surface area (Å²) in [4.78, 5) is 0.273. The summed E-state index contributed by atoms with van der Waals surface area (Å²) in [6.07, 6.45) is 1.81. The van der Waals surface area contributed by atoms with Gasteiger partial charge in [0.05, 0.1) is 22.5 Å². The van der Waals surface area contributed by atoms with Crippen LogP contribution in [0.15, 0.2) is 59.6 Å². The Balaban J connectivity index is 1.95. The van der Waals surface area contributed by atoms with E-state index in [4.69, 9.17) is 0 Å². The molecule has 1 aromatic heterocycles. The molecule has 0 bridgehead atoms. The van der Waals surface area contributed by atoms with Crippen molar-refractivity contribution in [1.82, 2.24) is 15.0 Å². The third kappa shape index (κ3) is 2.34. The Hall–Kier alpha value is -2.67. The summed E-state index contributed by atoms with van der Waals surface area (Å²) < 4.78 is 30.0. The second kappa shape index (κ2) is 5.70. The number of benzene rings is 2. The first-order valence-corrected chi connectivity index (χ1v) is 9.58. The lowest BCUT2D eigenvalue weighted by molar-refractivity contribution is 0.436. The van der Waals surface area contributed by atoms with Gasteiger partial charge in [0, 0.05) is 5.56 Å². The Morgan fingerprint density at radius 3 is 2.52 bits per heavy atom. The summed E-state index contributed by atoms with van der Waals surface area (Å²) in [6, 6.07) is 14.4. The van der Waals surface area contributed by atoms with Gasteiger partial charge in [0.1, 0.15) is 6.17 Å². The zero-order valence-corrected chi connectivity index (χ0v) is 14.8. The molecule has 0 fully saturated rings. The maximum absolute atomic E-state index is 13.4. The average molecular weight is 354 g/mol. The molecule has 2 heterocycles. The Kier molecular flexibility index (Phi) is 3.61. The van der Waals surface area contributed by atoms with Crippen molar-refractivity contribution in [2.24, 2.45) is 0 Å². The highest BCUT2D eigenvalue weighted by atomic mass is 32.2. The van der Waals surface area contributed by atoms with Crippen LogP contribution in [0, 0.1) is 6.92 Å². The maximum Gasteiger partial charge on any atom is 0.266 e. The molecular formula is C18H18N4O2S. The zero-order chi connectivity index (χ0) is 17.6. The lowest BCUT2D eigenvalue weighted by atomic mass is 10.1. The van der Waals surface area contributed by atoms with Crippen LogP contribution < -0.4 is 4.31 Å². The molecule has 1 aliphatic rings. The highest BCUT2D eigenvalue weighted by Gasteiger charge is 2.38. The fourth-order valence-electron chi connectivity index (χ4n) is 3.25. The first kappa shape index (κ1) is 15.8. The predicted molar refractivity (Wildman–Crippen MR) is 95.6 cm³/mol. The molecule has 4 rings (SSSR count). The number of hydrogen-bond donors (Lipinski definition) is 0. The van der Waals surface area contributed by atoms with E-state index in [0.29, 0.717) is 12.1 Å². The molecule has 0 radical (unpaired) electrons. The molecule has 128 valence electrons. The van der Waals surface area contributed by atoms with Gasteiger partial charge in [0.25, 0.3) is 10.0 Å². The smallest absolute Gasteiger partial charge is 0.242 e. The number of hydrogen-bond acceptors (Lipinski definition) is 4. The van der Waals surface area contributed by atoms with Gasteiger partial charge in [-0.2, -0.15) is 0 Å². The highest BCUT2D eigenvalue weighted by Crippen LogP contribution is 2.43. The van der Waals surface area contributed by atoms with Gasteiger partial charge in [-0.1, -0.05) is 48.0 Å². The molecule has 1 aliphatic heterocycles. The van der Waals surface area contributed by atoms with Crippen molar-refractivity contribution in [2.45, 2.75) is 31.3 Å². The molecule has 2 aromatic carbocycles. The normalized spacial score (nSPS) is 16.4. The number of fused-ring (bicyclic) bond motifs is 3. The molecule has 25 heavy (non-hydrogen) atoms. The molecule has 0 aliphatic carbocycles. The lowest BCUT2D eigenvalue weighted by Gasteiger charge is -2.37. The van der Waals surface area contributed by atoms with E-state index in [9.17, 15) is 8.42 Å². The molecule has 0 amide bonds. The number of sulfonamides is 1. The summed E-state index contributed by atoms with van der Waals surface area (Å²) in [5, 5.41) is 8.13. The van der Waals surface area contributed by atoms with Crippen LogP contribution in [0.4, 0.5) is 5.69 Å². The molecule has 1 atom stereocenters. The molecule has 0 saturated carbocycles. The van der Waals surface area contributed by atoms with Crippen molar-refractivity contribution < 1.29 is 8.42 Å². The van der Waals surface area contributed by atoms with E-state index in [1.807, 2.05) is 50.2 Å². The summed E-state index contributed by atoms with van der Waals surface area (Å²) >= 11 is 0. The first-order chi connectivity index (χ1) is 12.0. The number of anilines is 1. The van der Waals surface area contributed by atoms with Gasteiger partial charge in [-0.3, -0.25) is 0 Å². The third-order valence-corrected chi connectivity index (χ3v) is 6.31. The molecule has 0 saturated heterocycles. The summed E-state index contributed by atoms with van der Waals surface area (Å²) in [5.41, 5.74) is 3.32. The summed E-state index contributed by atoms with van der Waals surface area (Å²) in [5.74, 6) is 0. The van der Waals surface area contributed by atoms with Crippen molar-refractivity contribution in [3.63, 3.8) is 0 Å². The molecule has 7 heteroatoms. The van der Waals surface area contributed by atoms with Crippen LogP contribution in [0.2, 0.25) is 0 Å². The summed E-state index contributed by atoms with van der Waals surface area (Å²) in [6.45, 7) is 3.88. The minimum Gasteiger partial charge on any atom is -0.242 e. The number of aryl methyl sites for hydroxylation is 1. The van der Waals surface area contributed by atoms with E-state index in [1.54, 1.807) is 23.0 Å². The minimum absolute atomic E-state index is 0.273. The standard InChI is InChI=1S/C18H18N4O2S/c1-3-18-21-17(12-19-20-21)15-6-4-5-7-16(15)22(18)25(23,24)14-10-8-13(2)9-11-14/h4-12,18H,3H2,1-2H3. The van der Waals surface area contributed by atoms with Gasteiger partial charge in [-0.15, -0.1) is 5.10 Å². The van der Waals surface area contributed by atoms with E-state index < -0.39 is 16.2 Å². The molecule has 1 unspecified atom stereocenters. The molecule has 6 nitrogen and oxygen atoms in total. The second-order valence-electron chi connectivity index (χ2n) is 6.08. The van der Waals surface area contributed by atoms with Gasteiger partial charge in [0.2, 0.25) is 0 Å². The average Bonchev–Trinajstić information content (AvgIpc) is 3.10. The summed E-state index contributed by atoms with van der Waals surface area (Å²) in [7, 11) is -3.73. The van der Waals surface area contributed by atoms with Crippen LogP contribution in [0.5, 0.6) is 0 Å². The van der Waals surface area contributed by atoms with E-state index in [0.717, 1.165) is 16.8 Å². The quantitative estimate of drug-likeness (QED) is 0.723. The SMILES string of the molecule is CCC1N(S(=O)(=O)c2ccc(C)cc2)c2ccccc2-c2cnnn21. The van der Waals surface area contributed by atoms with Crippen molar-refractivity contribution >= 4 is 15.7 Å². The Labute approximate surface area is 146 Å². The predicted octanol–water partition coefficient (Wildman–Crippen LogP) is 3.37. The lowest BCUT2D eigenvalue weighted by Crippen LogP contribution is -2.41. The topological polar surface area (TPSA) is 68.1 Å². The first-order valence-electron chi connectivity index (χ1n) is 8.14. The zero-order valence-electron chi connectivity index (χ0n) is 14.0. The third-order valence-electron chi connectivity index (χ3n) is 4.49. The van der Waals surface area contributed by atoms with Gasteiger partial charge >= 0.3 is 0 Å². The molecule has 3 aromatic rings. The van der Waals surface area contributed by atoms with Crippen LogP contribution in [0.3, 0.4) is 0 Å². The Morgan fingerprint density at radius 2 is 1.80 bits per heavy atom. The number of para-hydroxylation sites is 1. The van der Waals surface area contributed by atoms with Crippen molar-refractivity contribution in [2.75, 3.05) is 4.31 Å². The minimum atomic E-state index is -3.73. The van der Waals surface area contributed by atoms with Crippen LogP contribution in [-0.4, -0.2) is 23.4 Å². The van der Waals surface area contributed by atoms with Crippen LogP contribution in [-0.2, 0) is 10.0 Å². The number of rotatable bonds is 3. The van der Waals surface area contributed by atoms with Gasteiger partial charge in [-0.25, -0.2) is 17.4 Å². The van der Waals surface area contributed by atoms with E-state index in [2.05, 4.69) is 10.3 Å². The van der Waals surface area contributed by atoms with E-state index in [-0.39, 0.29) is 4.90 Å². The number of aromatic nitrogens is 3. The number of nitrogens with zero attached hydrogens (tertiary/aromatic N) is 4. The fourth-order valence-corrected chi connectivity index (χ4v) is 4.94. The van der Waals surface area contributed by atoms with Gasteiger partial charge in [0.15, 0.2) is 0 Å². The van der Waals surface area contributed by atoms with E-state index in [1.165, 1.54) is 4.31 Å². The van der Waals surface area contributed by atoms with Gasteiger partial charge in [-0.05, 0) is 31.5 Å². The van der Waals surface area contributed by atoms with Crippen molar-refractivity contribution in [3.05, 3.63) is 60.3 Å². The van der Waals surface area contributed by atoms with Crippen LogP contribution in [0.1, 0.15) is 25.1 Å². The van der Waals surface area contributed by atoms with Gasteiger partial charge < -0.3 is 0 Å². The van der Waals surface area contributed by atoms with Crippen LogP contribution in [0.25, 0.3) is 11.3 Å². The van der Waals surface area contributed by atoms with E-state index >= 15 is 0 Å². The maximum atomic E-state index is 13.4.